The number of aryl methyl sites for hydroxylation is 1. The average molecular weight is 333 g/mol. The van der Waals surface area contributed by atoms with Crippen molar-refractivity contribution in [2.45, 2.75) is 13.3 Å². The zero-order valence-corrected chi connectivity index (χ0v) is 14.0. The van der Waals surface area contributed by atoms with Crippen LogP contribution in [0.3, 0.4) is 0 Å². The van der Waals surface area contributed by atoms with Crippen LogP contribution in [-0.2, 0) is 4.79 Å². The van der Waals surface area contributed by atoms with E-state index in [9.17, 15) is 9.59 Å². The molecular formula is C20H19N3O2. The fraction of sp³-hybridized carbons (Fsp3) is 0.150. The minimum absolute atomic E-state index is 0.164. The lowest BCUT2D eigenvalue weighted by Crippen LogP contribution is -2.28. The molecule has 5 heteroatoms. The SMILES string of the molecule is Cc1ccccc1C(=O)NCCC(=O)Nc1cccc2cccnc12. The molecule has 3 aromatic rings. The number of nitrogens with zero attached hydrogens (tertiary/aromatic N) is 1. The van der Waals surface area contributed by atoms with Crippen LogP contribution in [0.5, 0.6) is 0 Å². The Kier molecular flexibility index (Phi) is 5.04. The van der Waals surface area contributed by atoms with Crippen LogP contribution in [0.2, 0.25) is 0 Å². The molecule has 0 unspecified atom stereocenters. The molecule has 3 rings (SSSR count). The summed E-state index contributed by atoms with van der Waals surface area (Å²) < 4.78 is 0. The first-order chi connectivity index (χ1) is 12.1. The van der Waals surface area contributed by atoms with Crippen molar-refractivity contribution < 1.29 is 9.59 Å². The average Bonchev–Trinajstić information content (AvgIpc) is 2.62. The molecule has 25 heavy (non-hydrogen) atoms. The molecule has 2 N–H and O–H groups in total. The molecule has 5 nitrogen and oxygen atoms in total. The molecule has 0 spiro atoms. The minimum Gasteiger partial charge on any atom is -0.352 e. The van der Waals surface area contributed by atoms with E-state index in [4.69, 9.17) is 0 Å². The number of fused-ring (bicyclic) bond motifs is 1. The molecule has 0 bridgehead atoms. The second-order valence-corrected chi connectivity index (χ2v) is 5.75. The lowest BCUT2D eigenvalue weighted by molar-refractivity contribution is -0.116. The summed E-state index contributed by atoms with van der Waals surface area (Å²) in [5, 5.41) is 6.60. The lowest BCUT2D eigenvalue weighted by atomic mass is 10.1. The molecule has 2 aromatic carbocycles. The van der Waals surface area contributed by atoms with Crippen molar-refractivity contribution in [2.24, 2.45) is 0 Å². The summed E-state index contributed by atoms with van der Waals surface area (Å²) in [4.78, 5) is 28.6. The molecule has 1 aromatic heterocycles. The quantitative estimate of drug-likeness (QED) is 0.752. The van der Waals surface area contributed by atoms with Gasteiger partial charge in [0, 0.05) is 30.1 Å². The van der Waals surface area contributed by atoms with Gasteiger partial charge in [-0.3, -0.25) is 14.6 Å². The second kappa shape index (κ2) is 7.57. The van der Waals surface area contributed by atoms with Crippen molar-refractivity contribution in [3.05, 3.63) is 71.9 Å². The van der Waals surface area contributed by atoms with Gasteiger partial charge in [0.05, 0.1) is 11.2 Å². The van der Waals surface area contributed by atoms with Gasteiger partial charge in [-0.15, -0.1) is 0 Å². The molecule has 0 aliphatic heterocycles. The summed E-state index contributed by atoms with van der Waals surface area (Å²) in [5.41, 5.74) is 2.96. The first-order valence-electron chi connectivity index (χ1n) is 8.12. The Bertz CT molecular complexity index is 916. The van der Waals surface area contributed by atoms with E-state index in [2.05, 4.69) is 15.6 Å². The number of carbonyl (C=O) groups excluding carboxylic acids is 2. The van der Waals surface area contributed by atoms with E-state index in [1.165, 1.54) is 0 Å². The van der Waals surface area contributed by atoms with Crippen molar-refractivity contribution >= 4 is 28.4 Å². The van der Waals surface area contributed by atoms with Gasteiger partial charge in [-0.25, -0.2) is 0 Å². The molecule has 0 aliphatic rings. The third kappa shape index (κ3) is 4.01. The number of anilines is 1. The first-order valence-corrected chi connectivity index (χ1v) is 8.12. The van der Waals surface area contributed by atoms with E-state index in [0.29, 0.717) is 11.3 Å². The smallest absolute Gasteiger partial charge is 0.251 e. The number of carbonyl (C=O) groups is 2. The standard InChI is InChI=1S/C20H19N3O2/c1-14-6-2-3-9-16(14)20(25)22-13-11-18(24)23-17-10-4-7-15-8-5-12-21-19(15)17/h2-10,12H,11,13H2,1H3,(H,22,25)(H,23,24). The van der Waals surface area contributed by atoms with Crippen molar-refractivity contribution in [2.75, 3.05) is 11.9 Å². The zero-order valence-electron chi connectivity index (χ0n) is 14.0. The molecule has 0 saturated heterocycles. The number of aromatic nitrogens is 1. The van der Waals surface area contributed by atoms with E-state index >= 15 is 0 Å². The maximum atomic E-state index is 12.2. The van der Waals surface area contributed by atoms with Gasteiger partial charge in [0.2, 0.25) is 5.91 Å². The Hall–Kier alpha value is -3.21. The highest BCUT2D eigenvalue weighted by Crippen LogP contribution is 2.20. The predicted octanol–water partition coefficient (Wildman–Crippen LogP) is 3.30. The Morgan fingerprint density at radius 1 is 1.00 bits per heavy atom. The van der Waals surface area contributed by atoms with Gasteiger partial charge in [0.15, 0.2) is 0 Å². The normalized spacial score (nSPS) is 10.4. The van der Waals surface area contributed by atoms with Crippen LogP contribution < -0.4 is 10.6 Å². The third-order valence-corrected chi connectivity index (χ3v) is 3.93. The molecule has 1 heterocycles. The summed E-state index contributed by atoms with van der Waals surface area (Å²) >= 11 is 0. The molecule has 0 radical (unpaired) electrons. The lowest BCUT2D eigenvalue weighted by Gasteiger charge is -2.09. The van der Waals surface area contributed by atoms with Crippen LogP contribution in [0.4, 0.5) is 5.69 Å². The van der Waals surface area contributed by atoms with Gasteiger partial charge in [0.1, 0.15) is 0 Å². The van der Waals surface area contributed by atoms with E-state index in [-0.39, 0.29) is 24.8 Å². The Morgan fingerprint density at radius 3 is 2.64 bits per heavy atom. The molecule has 126 valence electrons. The number of pyridine rings is 1. The highest BCUT2D eigenvalue weighted by atomic mass is 16.2. The fourth-order valence-electron chi connectivity index (χ4n) is 2.63. The van der Waals surface area contributed by atoms with Crippen molar-refractivity contribution in [1.82, 2.24) is 10.3 Å². The molecule has 0 atom stereocenters. The number of nitrogens with one attached hydrogen (secondary N) is 2. The van der Waals surface area contributed by atoms with Gasteiger partial charge < -0.3 is 10.6 Å². The third-order valence-electron chi connectivity index (χ3n) is 3.93. The summed E-state index contributed by atoms with van der Waals surface area (Å²) in [6.07, 6.45) is 1.89. The largest absolute Gasteiger partial charge is 0.352 e. The van der Waals surface area contributed by atoms with Crippen LogP contribution in [0.25, 0.3) is 10.9 Å². The number of para-hydroxylation sites is 1. The Labute approximate surface area is 146 Å². The van der Waals surface area contributed by atoms with Crippen LogP contribution in [0, 0.1) is 6.92 Å². The van der Waals surface area contributed by atoms with Gasteiger partial charge in [0.25, 0.3) is 5.91 Å². The number of amides is 2. The minimum atomic E-state index is -0.169. The highest BCUT2D eigenvalue weighted by Gasteiger charge is 2.10. The van der Waals surface area contributed by atoms with E-state index in [0.717, 1.165) is 16.5 Å². The number of hydrogen-bond donors (Lipinski definition) is 2. The molecular weight excluding hydrogens is 314 g/mol. The highest BCUT2D eigenvalue weighted by molar-refractivity contribution is 6.00. The van der Waals surface area contributed by atoms with Crippen molar-refractivity contribution in [3.8, 4) is 0 Å². The first kappa shape index (κ1) is 16.6. The van der Waals surface area contributed by atoms with Gasteiger partial charge in [-0.2, -0.15) is 0 Å². The number of rotatable bonds is 5. The summed E-state index contributed by atoms with van der Waals surface area (Å²) in [6.45, 7) is 2.16. The number of benzene rings is 2. The van der Waals surface area contributed by atoms with Crippen LogP contribution >= 0.6 is 0 Å². The monoisotopic (exact) mass is 333 g/mol. The summed E-state index contributed by atoms with van der Waals surface area (Å²) in [6, 6.07) is 16.8. The summed E-state index contributed by atoms with van der Waals surface area (Å²) in [5.74, 6) is -0.332. The number of hydrogen-bond acceptors (Lipinski definition) is 3. The van der Waals surface area contributed by atoms with Crippen LogP contribution in [0.15, 0.2) is 60.8 Å². The second-order valence-electron chi connectivity index (χ2n) is 5.75. The van der Waals surface area contributed by atoms with Crippen molar-refractivity contribution in [3.63, 3.8) is 0 Å². The molecule has 0 saturated carbocycles. The topological polar surface area (TPSA) is 71.1 Å². The van der Waals surface area contributed by atoms with E-state index in [1.807, 2.05) is 55.5 Å². The maximum absolute atomic E-state index is 12.2. The van der Waals surface area contributed by atoms with E-state index in [1.54, 1.807) is 12.3 Å². The zero-order chi connectivity index (χ0) is 17.6. The van der Waals surface area contributed by atoms with Crippen LogP contribution in [0.1, 0.15) is 22.3 Å². The predicted molar refractivity (Wildman–Crippen MR) is 98.5 cm³/mol. The van der Waals surface area contributed by atoms with Gasteiger partial charge in [-0.1, -0.05) is 36.4 Å². The Balaban J connectivity index is 1.56. The Morgan fingerprint density at radius 2 is 1.80 bits per heavy atom. The van der Waals surface area contributed by atoms with Crippen LogP contribution in [-0.4, -0.2) is 23.3 Å². The molecule has 0 fully saturated rings. The fourth-order valence-corrected chi connectivity index (χ4v) is 2.63. The van der Waals surface area contributed by atoms with E-state index < -0.39 is 0 Å². The van der Waals surface area contributed by atoms with Gasteiger partial charge in [-0.05, 0) is 30.7 Å². The summed E-state index contributed by atoms with van der Waals surface area (Å²) in [7, 11) is 0. The maximum Gasteiger partial charge on any atom is 0.251 e. The molecule has 0 aliphatic carbocycles. The molecule has 2 amide bonds. The van der Waals surface area contributed by atoms with Gasteiger partial charge >= 0.3 is 0 Å². The van der Waals surface area contributed by atoms with Crippen molar-refractivity contribution in [1.29, 1.82) is 0 Å².